The van der Waals surface area contributed by atoms with Crippen LogP contribution in [0.3, 0.4) is 0 Å². The molecule has 0 saturated carbocycles. The van der Waals surface area contributed by atoms with Gasteiger partial charge in [-0.05, 0) is 43.9 Å². The summed E-state index contributed by atoms with van der Waals surface area (Å²) in [6, 6.07) is 5.95. The Bertz CT molecular complexity index is 549. The highest BCUT2D eigenvalue weighted by Crippen LogP contribution is 2.20. The van der Waals surface area contributed by atoms with Crippen LogP contribution in [0.25, 0.3) is 0 Å². The van der Waals surface area contributed by atoms with Crippen molar-refractivity contribution in [2.45, 2.75) is 39.7 Å². The minimum absolute atomic E-state index is 0.0250. The van der Waals surface area contributed by atoms with Crippen LogP contribution < -0.4 is 10.1 Å². The summed E-state index contributed by atoms with van der Waals surface area (Å²) in [5, 5.41) is 2.98. The van der Waals surface area contributed by atoms with Gasteiger partial charge in [0.2, 0.25) is 5.91 Å². The highest BCUT2D eigenvalue weighted by Gasteiger charge is 2.22. The van der Waals surface area contributed by atoms with E-state index in [-0.39, 0.29) is 24.5 Å². The summed E-state index contributed by atoms with van der Waals surface area (Å²) < 4.78 is 5.60. The van der Waals surface area contributed by atoms with E-state index in [1.54, 1.807) is 6.92 Å². The Kier molecular flexibility index (Phi) is 5.41. The molecule has 5 nitrogen and oxygen atoms in total. The molecule has 1 heterocycles. The number of aryl methyl sites for hydroxylation is 1. The maximum Gasteiger partial charge on any atom is 0.258 e. The Morgan fingerprint density at radius 2 is 1.95 bits per heavy atom. The standard InChI is InChI=1S/C17H24N2O3/c1-12-5-4-6-16(13(12)2)22-11-17(21)18-15-7-9-19(10-8-15)14(3)20/h4-6,15H,7-11H2,1-3H3,(H,18,21). The van der Waals surface area contributed by atoms with Crippen molar-refractivity contribution in [1.29, 1.82) is 0 Å². The van der Waals surface area contributed by atoms with Crippen molar-refractivity contribution in [3.63, 3.8) is 0 Å². The summed E-state index contributed by atoms with van der Waals surface area (Å²) in [4.78, 5) is 25.1. The second-order valence-electron chi connectivity index (χ2n) is 5.83. The molecule has 1 aromatic carbocycles. The molecular formula is C17H24N2O3. The van der Waals surface area contributed by atoms with Crippen LogP contribution in [0.5, 0.6) is 5.75 Å². The molecule has 1 aliphatic heterocycles. The molecule has 1 N–H and O–H groups in total. The molecule has 120 valence electrons. The van der Waals surface area contributed by atoms with Crippen LogP contribution in [0.4, 0.5) is 0 Å². The topological polar surface area (TPSA) is 58.6 Å². The first-order chi connectivity index (χ1) is 10.5. The number of rotatable bonds is 4. The molecular weight excluding hydrogens is 280 g/mol. The number of nitrogens with one attached hydrogen (secondary N) is 1. The van der Waals surface area contributed by atoms with Crippen LogP contribution in [0.2, 0.25) is 0 Å². The van der Waals surface area contributed by atoms with Crippen LogP contribution in [0.1, 0.15) is 30.9 Å². The number of amides is 2. The number of piperidine rings is 1. The smallest absolute Gasteiger partial charge is 0.258 e. The van der Waals surface area contributed by atoms with Crippen molar-refractivity contribution in [2.24, 2.45) is 0 Å². The highest BCUT2D eigenvalue weighted by molar-refractivity contribution is 5.78. The van der Waals surface area contributed by atoms with Gasteiger partial charge in [-0.15, -0.1) is 0 Å². The van der Waals surface area contributed by atoms with E-state index in [0.717, 1.165) is 29.7 Å². The Morgan fingerprint density at radius 3 is 2.59 bits per heavy atom. The summed E-state index contributed by atoms with van der Waals surface area (Å²) in [7, 11) is 0. The summed E-state index contributed by atoms with van der Waals surface area (Å²) in [6.45, 7) is 7.02. The van der Waals surface area contributed by atoms with Crippen molar-refractivity contribution in [3.8, 4) is 5.75 Å². The monoisotopic (exact) mass is 304 g/mol. The fourth-order valence-corrected chi connectivity index (χ4v) is 2.63. The third-order valence-corrected chi connectivity index (χ3v) is 4.22. The molecule has 2 amide bonds. The number of hydrogen-bond donors (Lipinski definition) is 1. The van der Waals surface area contributed by atoms with Gasteiger partial charge in [-0.3, -0.25) is 9.59 Å². The summed E-state index contributed by atoms with van der Waals surface area (Å²) in [5.74, 6) is 0.742. The average Bonchev–Trinajstić information content (AvgIpc) is 2.49. The van der Waals surface area contributed by atoms with Crippen molar-refractivity contribution >= 4 is 11.8 Å². The first-order valence-electron chi connectivity index (χ1n) is 7.71. The zero-order valence-corrected chi connectivity index (χ0v) is 13.5. The second kappa shape index (κ2) is 7.29. The fourth-order valence-electron chi connectivity index (χ4n) is 2.63. The van der Waals surface area contributed by atoms with Crippen molar-refractivity contribution in [2.75, 3.05) is 19.7 Å². The third-order valence-electron chi connectivity index (χ3n) is 4.22. The van der Waals surface area contributed by atoms with Gasteiger partial charge < -0.3 is 15.0 Å². The summed E-state index contributed by atoms with van der Waals surface area (Å²) in [5.41, 5.74) is 2.21. The van der Waals surface area contributed by atoms with E-state index in [0.29, 0.717) is 13.1 Å². The van der Waals surface area contributed by atoms with Crippen LogP contribution in [-0.2, 0) is 9.59 Å². The maximum absolute atomic E-state index is 12.0. The number of carbonyl (C=O) groups is 2. The van der Waals surface area contributed by atoms with E-state index in [1.807, 2.05) is 36.9 Å². The lowest BCUT2D eigenvalue weighted by Crippen LogP contribution is -2.47. The molecule has 0 aliphatic carbocycles. The molecule has 5 heteroatoms. The fraction of sp³-hybridized carbons (Fsp3) is 0.529. The first-order valence-corrected chi connectivity index (χ1v) is 7.71. The zero-order valence-electron chi connectivity index (χ0n) is 13.5. The van der Waals surface area contributed by atoms with E-state index in [4.69, 9.17) is 4.74 Å². The van der Waals surface area contributed by atoms with Gasteiger partial charge in [0.05, 0.1) is 0 Å². The van der Waals surface area contributed by atoms with Gasteiger partial charge in [-0.25, -0.2) is 0 Å². The Balaban J connectivity index is 1.77. The first kappa shape index (κ1) is 16.3. The van der Waals surface area contributed by atoms with Crippen molar-refractivity contribution in [3.05, 3.63) is 29.3 Å². The number of nitrogens with zero attached hydrogens (tertiary/aromatic N) is 1. The molecule has 22 heavy (non-hydrogen) atoms. The largest absolute Gasteiger partial charge is 0.483 e. The highest BCUT2D eigenvalue weighted by atomic mass is 16.5. The quantitative estimate of drug-likeness (QED) is 0.923. The summed E-state index contributed by atoms with van der Waals surface area (Å²) in [6.07, 6.45) is 1.60. The van der Waals surface area contributed by atoms with Crippen LogP contribution in [0, 0.1) is 13.8 Å². The Labute approximate surface area is 131 Å². The minimum atomic E-state index is -0.109. The van der Waals surface area contributed by atoms with E-state index >= 15 is 0 Å². The molecule has 1 aromatic rings. The van der Waals surface area contributed by atoms with E-state index < -0.39 is 0 Å². The average molecular weight is 304 g/mol. The van der Waals surface area contributed by atoms with Gasteiger partial charge in [0.1, 0.15) is 5.75 Å². The Hall–Kier alpha value is -2.04. The maximum atomic E-state index is 12.0. The zero-order chi connectivity index (χ0) is 16.1. The normalized spacial score (nSPS) is 15.5. The predicted molar refractivity (Wildman–Crippen MR) is 84.8 cm³/mol. The predicted octanol–water partition coefficient (Wildman–Crippen LogP) is 1.81. The molecule has 1 fully saturated rings. The minimum Gasteiger partial charge on any atom is -0.483 e. The Morgan fingerprint density at radius 1 is 1.27 bits per heavy atom. The molecule has 0 unspecified atom stereocenters. The van der Waals surface area contributed by atoms with Gasteiger partial charge in [0, 0.05) is 26.1 Å². The van der Waals surface area contributed by atoms with Crippen LogP contribution >= 0.6 is 0 Å². The van der Waals surface area contributed by atoms with E-state index in [2.05, 4.69) is 5.32 Å². The molecule has 0 bridgehead atoms. The van der Waals surface area contributed by atoms with Gasteiger partial charge in [-0.2, -0.15) is 0 Å². The molecule has 0 atom stereocenters. The van der Waals surface area contributed by atoms with Gasteiger partial charge in [0.15, 0.2) is 6.61 Å². The number of benzene rings is 1. The van der Waals surface area contributed by atoms with Crippen LogP contribution in [-0.4, -0.2) is 42.5 Å². The molecule has 1 saturated heterocycles. The number of ether oxygens (including phenoxy) is 1. The molecule has 2 rings (SSSR count). The SMILES string of the molecule is CC(=O)N1CCC(NC(=O)COc2cccc(C)c2C)CC1. The van der Waals surface area contributed by atoms with Gasteiger partial charge in [0.25, 0.3) is 5.91 Å². The van der Waals surface area contributed by atoms with E-state index in [1.165, 1.54) is 0 Å². The lowest BCUT2D eigenvalue weighted by Gasteiger charge is -2.31. The molecule has 0 aromatic heterocycles. The molecule has 0 spiro atoms. The lowest BCUT2D eigenvalue weighted by atomic mass is 10.1. The number of likely N-dealkylation sites (tertiary alicyclic amines) is 1. The molecule has 1 aliphatic rings. The van der Waals surface area contributed by atoms with Crippen LogP contribution in [0.15, 0.2) is 18.2 Å². The summed E-state index contributed by atoms with van der Waals surface area (Å²) >= 11 is 0. The lowest BCUT2D eigenvalue weighted by molar-refractivity contribution is -0.130. The second-order valence-corrected chi connectivity index (χ2v) is 5.83. The number of carbonyl (C=O) groups excluding carboxylic acids is 2. The van der Waals surface area contributed by atoms with Crippen molar-refractivity contribution < 1.29 is 14.3 Å². The molecule has 0 radical (unpaired) electrons. The van der Waals surface area contributed by atoms with Crippen molar-refractivity contribution in [1.82, 2.24) is 10.2 Å². The van der Waals surface area contributed by atoms with Gasteiger partial charge in [-0.1, -0.05) is 12.1 Å². The van der Waals surface area contributed by atoms with E-state index in [9.17, 15) is 9.59 Å². The number of hydrogen-bond acceptors (Lipinski definition) is 3. The third kappa shape index (κ3) is 4.23. The van der Waals surface area contributed by atoms with Gasteiger partial charge >= 0.3 is 0 Å².